The van der Waals surface area contributed by atoms with Gasteiger partial charge in [0.1, 0.15) is 0 Å². The Labute approximate surface area is 85.7 Å². The molecular weight excluding hydrogens is 184 g/mol. The van der Waals surface area contributed by atoms with Gasteiger partial charge in [-0.2, -0.15) is 11.8 Å². The van der Waals surface area contributed by atoms with E-state index in [1.54, 1.807) is 0 Å². The molecule has 0 bridgehead atoms. The molecule has 0 aliphatic heterocycles. The highest BCUT2D eigenvalue weighted by Crippen LogP contribution is 2.10. The molecule has 2 atom stereocenters. The molecule has 0 aromatic carbocycles. The van der Waals surface area contributed by atoms with Crippen LogP contribution in [0.4, 0.5) is 0 Å². The Balaban J connectivity index is 3.08. The average Bonchev–Trinajstić information content (AvgIpc) is 2.16. The van der Waals surface area contributed by atoms with Crippen LogP contribution in [0.2, 0.25) is 0 Å². The van der Waals surface area contributed by atoms with Gasteiger partial charge in [-0.25, -0.2) is 0 Å². The summed E-state index contributed by atoms with van der Waals surface area (Å²) >= 11 is 1.82. The van der Waals surface area contributed by atoms with Crippen LogP contribution in [0.15, 0.2) is 0 Å². The first-order valence-electron chi connectivity index (χ1n) is 5.14. The molecule has 0 aliphatic carbocycles. The Morgan fingerprint density at radius 1 is 0.923 bits per heavy atom. The molecule has 0 aliphatic rings. The van der Waals surface area contributed by atoms with Gasteiger partial charge in [-0.15, -0.1) is 0 Å². The van der Waals surface area contributed by atoms with E-state index in [0.717, 1.165) is 37.2 Å². The zero-order valence-electron chi connectivity index (χ0n) is 8.70. The molecule has 2 N–H and O–H groups in total. The van der Waals surface area contributed by atoms with Gasteiger partial charge in [-0.1, -0.05) is 13.8 Å². The molecule has 0 saturated carbocycles. The molecule has 0 heterocycles. The predicted molar refractivity (Wildman–Crippen MR) is 59.2 cm³/mol. The number of hydrogen-bond acceptors (Lipinski definition) is 3. The SMILES string of the molecule is CCC(O)CCSCCC(O)CC. The lowest BCUT2D eigenvalue weighted by molar-refractivity contribution is 0.166. The fourth-order valence-corrected chi connectivity index (χ4v) is 2.03. The van der Waals surface area contributed by atoms with Crippen molar-refractivity contribution in [3.05, 3.63) is 0 Å². The van der Waals surface area contributed by atoms with Crippen molar-refractivity contribution in [2.75, 3.05) is 11.5 Å². The van der Waals surface area contributed by atoms with Gasteiger partial charge in [0, 0.05) is 0 Å². The molecule has 3 heteroatoms. The van der Waals surface area contributed by atoms with E-state index in [4.69, 9.17) is 0 Å². The summed E-state index contributed by atoms with van der Waals surface area (Å²) in [5.74, 6) is 2.01. The van der Waals surface area contributed by atoms with E-state index in [1.165, 1.54) is 0 Å². The maximum Gasteiger partial charge on any atom is 0.0545 e. The van der Waals surface area contributed by atoms with Gasteiger partial charge in [-0.05, 0) is 37.2 Å². The number of thioether (sulfide) groups is 1. The van der Waals surface area contributed by atoms with Crippen molar-refractivity contribution in [2.24, 2.45) is 0 Å². The maximum atomic E-state index is 9.25. The Kier molecular flexibility index (Phi) is 9.03. The van der Waals surface area contributed by atoms with Gasteiger partial charge in [0.25, 0.3) is 0 Å². The summed E-state index contributed by atoms with van der Waals surface area (Å²) in [6.07, 6.45) is 3.18. The molecule has 0 saturated heterocycles. The first kappa shape index (κ1) is 13.3. The molecular formula is C10H22O2S. The Morgan fingerprint density at radius 3 is 1.62 bits per heavy atom. The highest BCUT2D eigenvalue weighted by Gasteiger charge is 2.02. The van der Waals surface area contributed by atoms with Gasteiger partial charge >= 0.3 is 0 Å². The topological polar surface area (TPSA) is 40.5 Å². The van der Waals surface area contributed by atoms with Gasteiger partial charge in [-0.3, -0.25) is 0 Å². The number of hydrogen-bond donors (Lipinski definition) is 2. The van der Waals surface area contributed by atoms with Crippen molar-refractivity contribution in [1.29, 1.82) is 0 Å². The van der Waals surface area contributed by atoms with Crippen molar-refractivity contribution in [3.8, 4) is 0 Å². The van der Waals surface area contributed by atoms with Crippen LogP contribution in [-0.2, 0) is 0 Å². The monoisotopic (exact) mass is 206 g/mol. The van der Waals surface area contributed by atoms with Gasteiger partial charge in [0.2, 0.25) is 0 Å². The Hall–Kier alpha value is 0.270. The van der Waals surface area contributed by atoms with Crippen LogP contribution in [0, 0.1) is 0 Å². The van der Waals surface area contributed by atoms with Crippen LogP contribution in [0.3, 0.4) is 0 Å². The summed E-state index contributed by atoms with van der Waals surface area (Å²) in [6, 6.07) is 0. The number of aliphatic hydroxyl groups is 2. The van der Waals surface area contributed by atoms with E-state index in [9.17, 15) is 10.2 Å². The van der Waals surface area contributed by atoms with E-state index in [-0.39, 0.29) is 12.2 Å². The van der Waals surface area contributed by atoms with E-state index in [2.05, 4.69) is 0 Å². The van der Waals surface area contributed by atoms with Crippen LogP contribution in [0.1, 0.15) is 39.5 Å². The standard InChI is InChI=1S/C10H22O2S/c1-3-9(11)5-7-13-8-6-10(12)4-2/h9-12H,3-8H2,1-2H3. The fraction of sp³-hybridized carbons (Fsp3) is 1.00. The largest absolute Gasteiger partial charge is 0.393 e. The minimum atomic E-state index is -0.136. The highest BCUT2D eigenvalue weighted by atomic mass is 32.2. The first-order chi connectivity index (χ1) is 6.20. The summed E-state index contributed by atoms with van der Waals surface area (Å²) < 4.78 is 0. The molecule has 0 aromatic heterocycles. The normalized spacial score (nSPS) is 15.7. The molecule has 13 heavy (non-hydrogen) atoms. The fourth-order valence-electron chi connectivity index (χ4n) is 0.949. The minimum Gasteiger partial charge on any atom is -0.393 e. The molecule has 0 fully saturated rings. The van der Waals surface area contributed by atoms with Gasteiger partial charge in [0.05, 0.1) is 12.2 Å². The Bertz CT molecular complexity index is 97.1. The highest BCUT2D eigenvalue weighted by molar-refractivity contribution is 7.99. The van der Waals surface area contributed by atoms with Crippen LogP contribution >= 0.6 is 11.8 Å². The van der Waals surface area contributed by atoms with Crippen LogP contribution < -0.4 is 0 Å². The molecule has 0 rings (SSSR count). The smallest absolute Gasteiger partial charge is 0.0545 e. The number of aliphatic hydroxyl groups excluding tert-OH is 2. The maximum absolute atomic E-state index is 9.25. The first-order valence-corrected chi connectivity index (χ1v) is 6.30. The third kappa shape index (κ3) is 8.60. The zero-order chi connectivity index (χ0) is 10.1. The van der Waals surface area contributed by atoms with E-state index in [0.29, 0.717) is 0 Å². The summed E-state index contributed by atoms with van der Waals surface area (Å²) in [6.45, 7) is 3.99. The minimum absolute atomic E-state index is 0.136. The quantitative estimate of drug-likeness (QED) is 0.597. The van der Waals surface area contributed by atoms with E-state index >= 15 is 0 Å². The zero-order valence-corrected chi connectivity index (χ0v) is 9.52. The lowest BCUT2D eigenvalue weighted by Crippen LogP contribution is -2.07. The van der Waals surface area contributed by atoms with Crippen molar-refractivity contribution >= 4 is 11.8 Å². The second-order valence-electron chi connectivity index (χ2n) is 3.31. The second-order valence-corrected chi connectivity index (χ2v) is 4.54. The van der Waals surface area contributed by atoms with Gasteiger partial charge < -0.3 is 10.2 Å². The lowest BCUT2D eigenvalue weighted by atomic mass is 10.2. The summed E-state index contributed by atoms with van der Waals surface area (Å²) in [7, 11) is 0. The second kappa shape index (κ2) is 8.85. The van der Waals surface area contributed by atoms with Crippen molar-refractivity contribution in [1.82, 2.24) is 0 Å². The molecule has 80 valence electrons. The predicted octanol–water partition coefficient (Wildman–Crippen LogP) is 2.04. The van der Waals surface area contributed by atoms with Crippen LogP contribution in [0.5, 0.6) is 0 Å². The van der Waals surface area contributed by atoms with Gasteiger partial charge in [0.15, 0.2) is 0 Å². The summed E-state index contributed by atoms with van der Waals surface area (Å²) in [5, 5.41) is 18.5. The molecule has 2 unspecified atom stereocenters. The molecule has 0 radical (unpaired) electrons. The van der Waals surface area contributed by atoms with E-state index < -0.39 is 0 Å². The molecule has 0 aromatic rings. The van der Waals surface area contributed by atoms with Crippen LogP contribution in [-0.4, -0.2) is 33.9 Å². The third-order valence-corrected chi connectivity index (χ3v) is 3.18. The van der Waals surface area contributed by atoms with Crippen LogP contribution in [0.25, 0.3) is 0 Å². The van der Waals surface area contributed by atoms with Crippen molar-refractivity contribution in [3.63, 3.8) is 0 Å². The number of rotatable bonds is 8. The molecule has 0 spiro atoms. The molecule has 0 amide bonds. The Morgan fingerprint density at radius 2 is 1.31 bits per heavy atom. The van der Waals surface area contributed by atoms with E-state index in [1.807, 2.05) is 25.6 Å². The lowest BCUT2D eigenvalue weighted by Gasteiger charge is -2.08. The molecule has 2 nitrogen and oxygen atoms in total. The summed E-state index contributed by atoms with van der Waals surface area (Å²) in [4.78, 5) is 0. The summed E-state index contributed by atoms with van der Waals surface area (Å²) in [5.41, 5.74) is 0. The van der Waals surface area contributed by atoms with Crippen molar-refractivity contribution < 1.29 is 10.2 Å². The van der Waals surface area contributed by atoms with Crippen molar-refractivity contribution in [2.45, 2.75) is 51.7 Å². The average molecular weight is 206 g/mol. The third-order valence-electron chi connectivity index (χ3n) is 2.13.